The highest BCUT2D eigenvalue weighted by Gasteiger charge is 2.24. The average Bonchev–Trinajstić information content (AvgIpc) is 2.56. The fourth-order valence-corrected chi connectivity index (χ4v) is 2.27. The van der Waals surface area contributed by atoms with Gasteiger partial charge in [-0.25, -0.2) is 4.79 Å². The molecule has 0 aliphatic rings. The number of carbonyl (C=O) groups excluding carboxylic acids is 3. The molecule has 26 heavy (non-hydrogen) atoms. The van der Waals surface area contributed by atoms with Crippen LogP contribution in [-0.2, 0) is 25.6 Å². The lowest BCUT2D eigenvalue weighted by atomic mass is 10.1. The van der Waals surface area contributed by atoms with E-state index in [-0.39, 0.29) is 24.9 Å². The van der Waals surface area contributed by atoms with Gasteiger partial charge in [-0.05, 0) is 33.3 Å². The van der Waals surface area contributed by atoms with Crippen molar-refractivity contribution in [3.8, 4) is 0 Å². The topological polar surface area (TPSA) is 84.9 Å². The van der Waals surface area contributed by atoms with Crippen molar-refractivity contribution in [1.29, 1.82) is 0 Å². The molecule has 0 saturated carbocycles. The van der Waals surface area contributed by atoms with Crippen molar-refractivity contribution >= 4 is 18.0 Å². The van der Waals surface area contributed by atoms with Crippen LogP contribution in [0.1, 0.15) is 39.7 Å². The first-order chi connectivity index (χ1) is 12.1. The number of esters is 1. The number of amides is 2. The van der Waals surface area contributed by atoms with Crippen molar-refractivity contribution in [2.75, 3.05) is 13.7 Å². The number of nitrogens with one attached hydrogen (secondary N) is 1. The molecule has 0 spiro atoms. The van der Waals surface area contributed by atoms with Crippen LogP contribution in [0.2, 0.25) is 0 Å². The van der Waals surface area contributed by atoms with Gasteiger partial charge in [0.1, 0.15) is 12.1 Å². The number of carbonyl (C=O) groups is 3. The SMILES string of the molecule is COC(=O)CC(C)N(Cc1ccccc1)C(=O)CNC(=O)OC(C)(C)C. The quantitative estimate of drug-likeness (QED) is 0.752. The third-order valence-corrected chi connectivity index (χ3v) is 3.52. The summed E-state index contributed by atoms with van der Waals surface area (Å²) in [5.41, 5.74) is 0.282. The van der Waals surface area contributed by atoms with E-state index in [1.807, 2.05) is 30.3 Å². The Kier molecular flexibility index (Phi) is 8.09. The van der Waals surface area contributed by atoms with Gasteiger partial charge in [-0.15, -0.1) is 0 Å². The normalized spacial score (nSPS) is 12.0. The van der Waals surface area contributed by atoms with Crippen LogP contribution in [0.15, 0.2) is 30.3 Å². The fraction of sp³-hybridized carbons (Fsp3) is 0.526. The molecule has 0 radical (unpaired) electrons. The van der Waals surface area contributed by atoms with Crippen molar-refractivity contribution in [1.82, 2.24) is 10.2 Å². The Labute approximate surface area is 154 Å². The van der Waals surface area contributed by atoms with Crippen LogP contribution in [-0.4, -0.2) is 48.2 Å². The minimum atomic E-state index is -0.661. The van der Waals surface area contributed by atoms with Gasteiger partial charge in [0.2, 0.25) is 5.91 Å². The Morgan fingerprint density at radius 3 is 2.31 bits per heavy atom. The third kappa shape index (κ3) is 8.00. The molecular weight excluding hydrogens is 336 g/mol. The largest absolute Gasteiger partial charge is 0.469 e. The first-order valence-electron chi connectivity index (χ1n) is 8.49. The highest BCUT2D eigenvalue weighted by atomic mass is 16.6. The standard InChI is InChI=1S/C19H28N2O5/c1-14(11-17(23)25-5)21(13-15-9-7-6-8-10-15)16(22)12-20-18(24)26-19(2,3)4/h6-10,14H,11-13H2,1-5H3,(H,20,24). The van der Waals surface area contributed by atoms with Gasteiger partial charge in [-0.2, -0.15) is 0 Å². The van der Waals surface area contributed by atoms with Crippen LogP contribution in [0, 0.1) is 0 Å². The second-order valence-electron chi connectivity index (χ2n) is 6.99. The lowest BCUT2D eigenvalue weighted by Crippen LogP contribution is -2.45. The summed E-state index contributed by atoms with van der Waals surface area (Å²) >= 11 is 0. The van der Waals surface area contributed by atoms with Crippen molar-refractivity contribution in [2.45, 2.75) is 52.3 Å². The second kappa shape index (κ2) is 9.79. The van der Waals surface area contributed by atoms with E-state index < -0.39 is 17.7 Å². The zero-order valence-corrected chi connectivity index (χ0v) is 16.1. The van der Waals surface area contributed by atoms with Crippen LogP contribution in [0.3, 0.4) is 0 Å². The van der Waals surface area contributed by atoms with Crippen molar-refractivity contribution in [3.05, 3.63) is 35.9 Å². The van der Waals surface area contributed by atoms with Crippen molar-refractivity contribution < 1.29 is 23.9 Å². The monoisotopic (exact) mass is 364 g/mol. The average molecular weight is 364 g/mol. The minimum Gasteiger partial charge on any atom is -0.469 e. The van der Waals surface area contributed by atoms with Crippen LogP contribution in [0.5, 0.6) is 0 Å². The molecule has 7 nitrogen and oxygen atoms in total. The molecule has 0 aliphatic carbocycles. The minimum absolute atomic E-state index is 0.0709. The van der Waals surface area contributed by atoms with E-state index in [4.69, 9.17) is 4.74 Å². The first-order valence-corrected chi connectivity index (χ1v) is 8.49. The van der Waals surface area contributed by atoms with E-state index in [2.05, 4.69) is 10.1 Å². The number of benzene rings is 1. The maximum atomic E-state index is 12.6. The zero-order chi connectivity index (χ0) is 19.7. The molecule has 2 amide bonds. The molecule has 0 bridgehead atoms. The Morgan fingerprint density at radius 1 is 1.15 bits per heavy atom. The summed E-state index contributed by atoms with van der Waals surface area (Å²) in [5.74, 6) is -0.709. The number of ether oxygens (including phenoxy) is 2. The molecule has 1 aromatic rings. The molecule has 7 heteroatoms. The highest BCUT2D eigenvalue weighted by Crippen LogP contribution is 2.12. The summed E-state index contributed by atoms with van der Waals surface area (Å²) in [5, 5.41) is 2.46. The first kappa shape index (κ1) is 21.5. The number of hydrogen-bond acceptors (Lipinski definition) is 5. The molecule has 0 heterocycles. The molecular formula is C19H28N2O5. The molecule has 1 N–H and O–H groups in total. The molecule has 1 unspecified atom stereocenters. The van der Waals surface area contributed by atoms with Crippen molar-refractivity contribution in [2.24, 2.45) is 0 Å². The van der Waals surface area contributed by atoms with E-state index in [0.29, 0.717) is 6.54 Å². The van der Waals surface area contributed by atoms with Crippen LogP contribution in [0.4, 0.5) is 4.79 Å². The Bertz CT molecular complexity index is 610. The molecule has 0 aromatic heterocycles. The van der Waals surface area contributed by atoms with Gasteiger partial charge in [0, 0.05) is 12.6 Å². The van der Waals surface area contributed by atoms with Gasteiger partial charge >= 0.3 is 12.1 Å². The second-order valence-corrected chi connectivity index (χ2v) is 6.99. The van der Waals surface area contributed by atoms with Gasteiger partial charge in [-0.1, -0.05) is 30.3 Å². The summed E-state index contributed by atoms with van der Waals surface area (Å²) in [6.45, 7) is 7.12. The number of alkyl carbamates (subject to hydrolysis) is 1. The summed E-state index contributed by atoms with van der Waals surface area (Å²) in [6, 6.07) is 9.05. The summed E-state index contributed by atoms with van der Waals surface area (Å²) in [6.07, 6.45) is -0.590. The fourth-order valence-electron chi connectivity index (χ4n) is 2.27. The Morgan fingerprint density at radius 2 is 1.77 bits per heavy atom. The van der Waals surface area contributed by atoms with Gasteiger partial charge < -0.3 is 19.7 Å². The molecule has 0 saturated heterocycles. The van der Waals surface area contributed by atoms with E-state index in [0.717, 1.165) is 5.56 Å². The summed E-state index contributed by atoms with van der Waals surface area (Å²) in [7, 11) is 1.31. The number of nitrogens with zero attached hydrogens (tertiary/aromatic N) is 1. The third-order valence-electron chi connectivity index (χ3n) is 3.52. The zero-order valence-electron chi connectivity index (χ0n) is 16.1. The predicted molar refractivity (Wildman–Crippen MR) is 97.3 cm³/mol. The van der Waals surface area contributed by atoms with E-state index in [1.54, 1.807) is 32.6 Å². The smallest absolute Gasteiger partial charge is 0.408 e. The van der Waals surface area contributed by atoms with E-state index in [1.165, 1.54) is 7.11 Å². The Hall–Kier alpha value is -2.57. The molecule has 1 atom stereocenters. The maximum Gasteiger partial charge on any atom is 0.408 e. The van der Waals surface area contributed by atoms with Crippen molar-refractivity contribution in [3.63, 3.8) is 0 Å². The van der Waals surface area contributed by atoms with Crippen LogP contribution >= 0.6 is 0 Å². The van der Waals surface area contributed by atoms with Crippen LogP contribution in [0.25, 0.3) is 0 Å². The van der Waals surface area contributed by atoms with Gasteiger partial charge in [0.05, 0.1) is 13.5 Å². The van der Waals surface area contributed by atoms with E-state index in [9.17, 15) is 14.4 Å². The number of hydrogen-bond donors (Lipinski definition) is 1. The van der Waals surface area contributed by atoms with E-state index >= 15 is 0 Å². The lowest BCUT2D eigenvalue weighted by molar-refractivity contribution is -0.143. The molecule has 144 valence electrons. The predicted octanol–water partition coefficient (Wildman–Crippen LogP) is 2.49. The lowest BCUT2D eigenvalue weighted by Gasteiger charge is -2.29. The van der Waals surface area contributed by atoms with Gasteiger partial charge in [0.15, 0.2) is 0 Å². The summed E-state index contributed by atoms with van der Waals surface area (Å²) < 4.78 is 9.82. The molecule has 1 aromatic carbocycles. The van der Waals surface area contributed by atoms with Crippen LogP contribution < -0.4 is 5.32 Å². The molecule has 0 aliphatic heterocycles. The maximum absolute atomic E-state index is 12.6. The molecule has 1 rings (SSSR count). The number of methoxy groups -OCH3 is 1. The van der Waals surface area contributed by atoms with Gasteiger partial charge in [0.25, 0.3) is 0 Å². The number of rotatable bonds is 7. The molecule has 0 fully saturated rings. The van der Waals surface area contributed by atoms with Gasteiger partial charge in [-0.3, -0.25) is 9.59 Å². The Balaban J connectivity index is 2.77. The highest BCUT2D eigenvalue weighted by molar-refractivity contribution is 5.83. The summed E-state index contributed by atoms with van der Waals surface area (Å²) in [4.78, 5) is 37.5.